The van der Waals surface area contributed by atoms with E-state index >= 15 is 0 Å². The SMILES string of the molecule is CNCc1cc(S(=O)(=O)NC2CC3CCC2O3)c(Br)s1. The molecule has 5 nitrogen and oxygen atoms in total. The zero-order chi connectivity index (χ0) is 14.3. The minimum atomic E-state index is -3.49. The Morgan fingerprint density at radius 1 is 1.50 bits per heavy atom. The van der Waals surface area contributed by atoms with Crippen molar-refractivity contribution in [3.63, 3.8) is 0 Å². The summed E-state index contributed by atoms with van der Waals surface area (Å²) in [6, 6.07) is 1.64. The number of hydrogen-bond donors (Lipinski definition) is 2. The predicted molar refractivity (Wildman–Crippen MR) is 81.4 cm³/mol. The standard InChI is InChI=1S/C12H17BrN2O3S2/c1-14-6-8-5-11(12(13)19-8)20(16,17)15-9-4-7-2-3-10(9)18-7/h5,7,9-10,14-15H,2-4,6H2,1H3. The Morgan fingerprint density at radius 2 is 2.30 bits per heavy atom. The van der Waals surface area contributed by atoms with E-state index in [1.807, 2.05) is 7.05 Å². The van der Waals surface area contributed by atoms with Crippen LogP contribution >= 0.6 is 27.3 Å². The quantitative estimate of drug-likeness (QED) is 0.817. The van der Waals surface area contributed by atoms with Crippen molar-refractivity contribution in [1.82, 2.24) is 10.0 Å². The second kappa shape index (κ2) is 5.66. The molecule has 2 aliphatic rings. The number of sulfonamides is 1. The fourth-order valence-electron chi connectivity index (χ4n) is 2.87. The van der Waals surface area contributed by atoms with E-state index in [-0.39, 0.29) is 18.2 Å². The minimum Gasteiger partial charge on any atom is -0.373 e. The molecule has 3 atom stereocenters. The molecule has 20 heavy (non-hydrogen) atoms. The first-order valence-corrected chi connectivity index (χ1v) is 9.69. The van der Waals surface area contributed by atoms with Crippen molar-refractivity contribution < 1.29 is 13.2 Å². The zero-order valence-electron chi connectivity index (χ0n) is 11.1. The first-order valence-electron chi connectivity index (χ1n) is 6.60. The second-order valence-corrected chi connectivity index (χ2v) is 9.36. The summed E-state index contributed by atoms with van der Waals surface area (Å²) >= 11 is 4.80. The van der Waals surface area contributed by atoms with Gasteiger partial charge in [-0.3, -0.25) is 0 Å². The molecule has 0 radical (unpaired) electrons. The van der Waals surface area contributed by atoms with E-state index < -0.39 is 10.0 Å². The molecule has 1 aromatic rings. The molecular formula is C12H17BrN2O3S2. The van der Waals surface area contributed by atoms with Crippen molar-refractivity contribution in [3.05, 3.63) is 14.7 Å². The second-order valence-electron chi connectivity index (χ2n) is 5.22. The summed E-state index contributed by atoms with van der Waals surface area (Å²) in [6.07, 6.45) is 3.07. The fourth-order valence-corrected chi connectivity index (χ4v) is 6.84. The van der Waals surface area contributed by atoms with E-state index in [2.05, 4.69) is 26.0 Å². The average Bonchev–Trinajstić information content (AvgIpc) is 3.04. The first kappa shape index (κ1) is 14.9. The molecule has 2 aliphatic heterocycles. The normalized spacial score (nSPS) is 29.2. The first-order chi connectivity index (χ1) is 9.49. The molecule has 2 fully saturated rings. The van der Waals surface area contributed by atoms with Gasteiger partial charge in [0, 0.05) is 11.4 Å². The van der Waals surface area contributed by atoms with Gasteiger partial charge in [0.1, 0.15) is 4.90 Å². The van der Waals surface area contributed by atoms with Gasteiger partial charge in [-0.2, -0.15) is 0 Å². The van der Waals surface area contributed by atoms with Gasteiger partial charge in [0.15, 0.2) is 0 Å². The maximum Gasteiger partial charge on any atom is 0.242 e. The molecule has 2 bridgehead atoms. The van der Waals surface area contributed by atoms with Crippen LogP contribution in [0.2, 0.25) is 0 Å². The molecule has 112 valence electrons. The molecular weight excluding hydrogens is 364 g/mol. The van der Waals surface area contributed by atoms with E-state index in [1.54, 1.807) is 6.07 Å². The molecule has 2 saturated heterocycles. The van der Waals surface area contributed by atoms with Gasteiger partial charge in [0.05, 0.1) is 22.0 Å². The molecule has 0 saturated carbocycles. The van der Waals surface area contributed by atoms with Crippen LogP contribution in [-0.2, 0) is 21.3 Å². The molecule has 8 heteroatoms. The summed E-state index contributed by atoms with van der Waals surface area (Å²) in [5, 5.41) is 3.03. The zero-order valence-corrected chi connectivity index (χ0v) is 14.3. The average molecular weight is 381 g/mol. The lowest BCUT2D eigenvalue weighted by molar-refractivity contribution is 0.0996. The largest absolute Gasteiger partial charge is 0.373 e. The highest BCUT2D eigenvalue weighted by Gasteiger charge is 2.42. The number of fused-ring (bicyclic) bond motifs is 2. The highest BCUT2D eigenvalue weighted by Crippen LogP contribution is 2.36. The van der Waals surface area contributed by atoms with Crippen LogP contribution in [0.3, 0.4) is 0 Å². The summed E-state index contributed by atoms with van der Waals surface area (Å²) in [6.45, 7) is 0.663. The predicted octanol–water partition coefficient (Wildman–Crippen LogP) is 1.83. The highest BCUT2D eigenvalue weighted by atomic mass is 79.9. The van der Waals surface area contributed by atoms with Crippen LogP contribution in [-0.4, -0.2) is 33.7 Å². The van der Waals surface area contributed by atoms with Crippen LogP contribution in [0.5, 0.6) is 0 Å². The number of ether oxygens (including phenoxy) is 1. The van der Waals surface area contributed by atoms with Gasteiger partial charge in [-0.05, 0) is 48.3 Å². The Balaban J connectivity index is 1.78. The molecule has 3 heterocycles. The van der Waals surface area contributed by atoms with Gasteiger partial charge in [-0.1, -0.05) is 0 Å². The van der Waals surface area contributed by atoms with E-state index in [4.69, 9.17) is 4.74 Å². The van der Waals surface area contributed by atoms with E-state index in [1.165, 1.54) is 11.3 Å². The summed E-state index contributed by atoms with van der Waals surface area (Å²) in [5.41, 5.74) is 0. The Hall–Kier alpha value is 0.01000. The van der Waals surface area contributed by atoms with E-state index in [9.17, 15) is 8.42 Å². The smallest absolute Gasteiger partial charge is 0.242 e. The Bertz CT molecular complexity index is 602. The van der Waals surface area contributed by atoms with Crippen LogP contribution in [0.1, 0.15) is 24.1 Å². The van der Waals surface area contributed by atoms with Crippen molar-refractivity contribution in [2.45, 2.75) is 49.0 Å². The molecule has 1 aromatic heterocycles. The summed E-state index contributed by atoms with van der Waals surface area (Å²) in [7, 11) is -1.65. The van der Waals surface area contributed by atoms with Crippen LogP contribution in [0.15, 0.2) is 14.7 Å². The van der Waals surface area contributed by atoms with Gasteiger partial charge in [-0.15, -0.1) is 11.3 Å². The molecule has 0 amide bonds. The lowest BCUT2D eigenvalue weighted by Gasteiger charge is -2.19. The number of halogens is 1. The van der Waals surface area contributed by atoms with Gasteiger partial charge in [-0.25, -0.2) is 13.1 Å². The fraction of sp³-hybridized carbons (Fsp3) is 0.667. The Morgan fingerprint density at radius 3 is 2.90 bits per heavy atom. The molecule has 3 rings (SSSR count). The third-order valence-corrected chi connectivity index (χ3v) is 7.50. The molecule has 0 aromatic carbocycles. The van der Waals surface area contributed by atoms with Crippen LogP contribution in [0, 0.1) is 0 Å². The van der Waals surface area contributed by atoms with Crippen molar-refractivity contribution in [2.75, 3.05) is 7.05 Å². The van der Waals surface area contributed by atoms with Gasteiger partial charge in [0.25, 0.3) is 0 Å². The van der Waals surface area contributed by atoms with Crippen molar-refractivity contribution in [2.24, 2.45) is 0 Å². The number of nitrogens with one attached hydrogen (secondary N) is 2. The van der Waals surface area contributed by atoms with Crippen molar-refractivity contribution >= 4 is 37.3 Å². The van der Waals surface area contributed by atoms with E-state index in [0.717, 1.165) is 24.1 Å². The Labute approximate surface area is 131 Å². The summed E-state index contributed by atoms with van der Waals surface area (Å²) < 4.78 is 34.1. The van der Waals surface area contributed by atoms with Gasteiger partial charge >= 0.3 is 0 Å². The van der Waals surface area contributed by atoms with Crippen LogP contribution in [0.25, 0.3) is 0 Å². The third kappa shape index (κ3) is 2.82. The molecule has 0 aliphatic carbocycles. The lowest BCUT2D eigenvalue weighted by atomic mass is 9.96. The summed E-state index contributed by atoms with van der Waals surface area (Å²) in [5.74, 6) is 0. The Kier molecular flexibility index (Phi) is 4.22. The van der Waals surface area contributed by atoms with Crippen LogP contribution in [0.4, 0.5) is 0 Å². The van der Waals surface area contributed by atoms with Crippen molar-refractivity contribution in [1.29, 1.82) is 0 Å². The van der Waals surface area contributed by atoms with Gasteiger partial charge in [0.2, 0.25) is 10.0 Å². The van der Waals surface area contributed by atoms with Gasteiger partial charge < -0.3 is 10.1 Å². The maximum absolute atomic E-state index is 12.5. The third-order valence-electron chi connectivity index (χ3n) is 3.76. The molecule has 3 unspecified atom stereocenters. The number of hydrogen-bond acceptors (Lipinski definition) is 5. The van der Waals surface area contributed by atoms with Crippen LogP contribution < -0.4 is 10.0 Å². The topological polar surface area (TPSA) is 67.4 Å². The van der Waals surface area contributed by atoms with Crippen molar-refractivity contribution in [3.8, 4) is 0 Å². The monoisotopic (exact) mass is 380 g/mol. The van der Waals surface area contributed by atoms with E-state index in [0.29, 0.717) is 15.2 Å². The summed E-state index contributed by atoms with van der Waals surface area (Å²) in [4.78, 5) is 1.32. The minimum absolute atomic E-state index is 0.0453. The number of rotatable bonds is 5. The maximum atomic E-state index is 12.5. The molecule has 0 spiro atoms. The molecule has 2 N–H and O–H groups in total. The highest BCUT2D eigenvalue weighted by molar-refractivity contribution is 9.11. The lowest BCUT2D eigenvalue weighted by Crippen LogP contribution is -2.41. The number of thiophene rings is 1.